The van der Waals surface area contributed by atoms with Crippen LogP contribution in [0.4, 0.5) is 5.69 Å². The minimum absolute atomic E-state index is 0.605. The molecule has 0 fully saturated rings. The molecule has 5 heteroatoms. The standard InChI is InChI=1S/C15H11N5/c16-20-19-12-8-5-11(6-9-12)7-10-15-17-13-3-1-2-4-14(13)18-15/h1-10H,(H,17,18). The first-order chi connectivity index (χ1) is 9.85. The Kier molecular flexibility index (Phi) is 3.18. The normalized spacial score (nSPS) is 10.8. The monoisotopic (exact) mass is 261 g/mol. The lowest BCUT2D eigenvalue weighted by molar-refractivity contribution is 1.29. The Morgan fingerprint density at radius 2 is 1.85 bits per heavy atom. The molecule has 1 heterocycles. The van der Waals surface area contributed by atoms with Crippen LogP contribution >= 0.6 is 0 Å². The number of azide groups is 1. The van der Waals surface area contributed by atoms with Gasteiger partial charge in [0.1, 0.15) is 5.82 Å². The molecule has 2 aromatic carbocycles. The van der Waals surface area contributed by atoms with E-state index in [4.69, 9.17) is 5.53 Å². The minimum Gasteiger partial charge on any atom is -0.338 e. The molecule has 0 radical (unpaired) electrons. The number of aromatic nitrogens is 2. The van der Waals surface area contributed by atoms with E-state index in [9.17, 15) is 0 Å². The number of rotatable bonds is 3. The van der Waals surface area contributed by atoms with Crippen LogP contribution in [0.5, 0.6) is 0 Å². The zero-order valence-electron chi connectivity index (χ0n) is 10.6. The summed E-state index contributed by atoms with van der Waals surface area (Å²) in [4.78, 5) is 10.4. The number of nitrogens with one attached hydrogen (secondary N) is 1. The molecule has 0 aliphatic heterocycles. The highest BCUT2D eigenvalue weighted by Gasteiger charge is 1.97. The van der Waals surface area contributed by atoms with Gasteiger partial charge in [-0.2, -0.15) is 0 Å². The van der Waals surface area contributed by atoms with Crippen LogP contribution in [0, 0.1) is 0 Å². The van der Waals surface area contributed by atoms with Gasteiger partial charge in [-0.15, -0.1) is 0 Å². The number of imidazole rings is 1. The van der Waals surface area contributed by atoms with Crippen molar-refractivity contribution in [3.63, 3.8) is 0 Å². The van der Waals surface area contributed by atoms with Gasteiger partial charge in [0.15, 0.2) is 0 Å². The van der Waals surface area contributed by atoms with E-state index in [0.29, 0.717) is 5.69 Å². The van der Waals surface area contributed by atoms with Crippen LogP contribution in [0.3, 0.4) is 0 Å². The van der Waals surface area contributed by atoms with Gasteiger partial charge in [0.2, 0.25) is 0 Å². The Labute approximate surface area is 115 Å². The van der Waals surface area contributed by atoms with Crippen LogP contribution < -0.4 is 0 Å². The summed E-state index contributed by atoms with van der Waals surface area (Å²) in [7, 11) is 0. The summed E-state index contributed by atoms with van der Waals surface area (Å²) in [5.74, 6) is 0.810. The van der Waals surface area contributed by atoms with E-state index in [0.717, 1.165) is 22.4 Å². The van der Waals surface area contributed by atoms with Crippen molar-refractivity contribution >= 4 is 28.9 Å². The number of hydrogen-bond donors (Lipinski definition) is 1. The lowest BCUT2D eigenvalue weighted by Crippen LogP contribution is -1.74. The molecule has 1 N–H and O–H groups in total. The number of para-hydroxylation sites is 2. The van der Waals surface area contributed by atoms with Gasteiger partial charge < -0.3 is 4.98 Å². The summed E-state index contributed by atoms with van der Waals surface area (Å²) in [5, 5.41) is 3.53. The average Bonchev–Trinajstić information content (AvgIpc) is 2.90. The minimum atomic E-state index is 0.605. The highest BCUT2D eigenvalue weighted by molar-refractivity contribution is 5.78. The Morgan fingerprint density at radius 3 is 2.60 bits per heavy atom. The molecule has 3 rings (SSSR count). The van der Waals surface area contributed by atoms with Crippen LogP contribution in [-0.2, 0) is 0 Å². The maximum Gasteiger partial charge on any atom is 0.131 e. The van der Waals surface area contributed by atoms with Gasteiger partial charge >= 0.3 is 0 Å². The fourth-order valence-corrected chi connectivity index (χ4v) is 1.93. The maximum atomic E-state index is 8.34. The van der Waals surface area contributed by atoms with Gasteiger partial charge in [-0.3, -0.25) is 0 Å². The van der Waals surface area contributed by atoms with Gasteiger partial charge in [-0.05, 0) is 29.3 Å². The number of fused-ring (bicyclic) bond motifs is 1. The number of nitrogens with zero attached hydrogens (tertiary/aromatic N) is 4. The first kappa shape index (κ1) is 12.0. The third-order valence-electron chi connectivity index (χ3n) is 2.89. The van der Waals surface area contributed by atoms with Crippen LogP contribution in [0.2, 0.25) is 0 Å². The zero-order valence-corrected chi connectivity index (χ0v) is 10.6. The third-order valence-corrected chi connectivity index (χ3v) is 2.89. The van der Waals surface area contributed by atoms with Gasteiger partial charge in [-0.1, -0.05) is 47.6 Å². The Hall–Kier alpha value is -3.04. The second-order valence-corrected chi connectivity index (χ2v) is 4.25. The zero-order chi connectivity index (χ0) is 13.8. The van der Waals surface area contributed by atoms with Crippen LogP contribution in [0.25, 0.3) is 33.6 Å². The smallest absolute Gasteiger partial charge is 0.131 e. The first-order valence-electron chi connectivity index (χ1n) is 6.13. The Balaban J connectivity index is 1.84. The molecule has 96 valence electrons. The molecule has 0 amide bonds. The Morgan fingerprint density at radius 1 is 1.05 bits per heavy atom. The molecule has 0 aliphatic rings. The van der Waals surface area contributed by atoms with E-state index in [2.05, 4.69) is 20.0 Å². The summed E-state index contributed by atoms with van der Waals surface area (Å²) in [6, 6.07) is 15.2. The lowest BCUT2D eigenvalue weighted by Gasteiger charge is -1.93. The van der Waals surface area contributed by atoms with Crippen LogP contribution in [0.15, 0.2) is 53.6 Å². The quantitative estimate of drug-likeness (QED) is 0.415. The molecule has 0 spiro atoms. The summed E-state index contributed by atoms with van der Waals surface area (Å²) in [6.45, 7) is 0. The van der Waals surface area contributed by atoms with E-state index in [1.807, 2.05) is 48.6 Å². The molecule has 0 atom stereocenters. The summed E-state index contributed by atoms with van der Waals surface area (Å²) >= 11 is 0. The van der Waals surface area contributed by atoms with E-state index < -0.39 is 0 Å². The van der Waals surface area contributed by atoms with Crippen molar-refractivity contribution < 1.29 is 0 Å². The molecule has 0 saturated heterocycles. The van der Waals surface area contributed by atoms with Crippen molar-refractivity contribution in [2.24, 2.45) is 5.11 Å². The molecule has 0 saturated carbocycles. The number of benzene rings is 2. The van der Waals surface area contributed by atoms with Gasteiger partial charge in [0, 0.05) is 10.6 Å². The largest absolute Gasteiger partial charge is 0.338 e. The highest BCUT2D eigenvalue weighted by Crippen LogP contribution is 2.16. The van der Waals surface area contributed by atoms with Gasteiger partial charge in [-0.25, -0.2) is 4.98 Å². The SMILES string of the molecule is [N-]=[N+]=Nc1ccc(C=Cc2nc3ccccc3[nH]2)cc1. The highest BCUT2D eigenvalue weighted by atomic mass is 15.1. The second-order valence-electron chi connectivity index (χ2n) is 4.25. The maximum absolute atomic E-state index is 8.34. The number of H-pyrrole nitrogens is 1. The molecule has 1 aromatic heterocycles. The fourth-order valence-electron chi connectivity index (χ4n) is 1.93. The second kappa shape index (κ2) is 5.30. The van der Waals surface area contributed by atoms with Crippen molar-refractivity contribution in [1.29, 1.82) is 0 Å². The van der Waals surface area contributed by atoms with Crippen molar-refractivity contribution in [2.75, 3.05) is 0 Å². The Bertz CT molecular complexity index is 775. The van der Waals surface area contributed by atoms with Crippen molar-refractivity contribution in [3.05, 3.63) is 70.4 Å². The molecule has 20 heavy (non-hydrogen) atoms. The van der Waals surface area contributed by atoms with Crippen LogP contribution in [-0.4, -0.2) is 9.97 Å². The molecular formula is C15H11N5. The van der Waals surface area contributed by atoms with E-state index >= 15 is 0 Å². The van der Waals surface area contributed by atoms with Crippen LogP contribution in [0.1, 0.15) is 11.4 Å². The third kappa shape index (κ3) is 2.53. The van der Waals surface area contributed by atoms with E-state index in [1.165, 1.54) is 0 Å². The lowest BCUT2D eigenvalue weighted by atomic mass is 10.2. The number of hydrogen-bond acceptors (Lipinski definition) is 2. The topological polar surface area (TPSA) is 77.4 Å². The van der Waals surface area contributed by atoms with E-state index in [1.54, 1.807) is 12.1 Å². The molecular weight excluding hydrogens is 250 g/mol. The summed E-state index contributed by atoms with van der Waals surface area (Å²) in [5.41, 5.74) is 11.9. The molecule has 0 aliphatic carbocycles. The summed E-state index contributed by atoms with van der Waals surface area (Å²) < 4.78 is 0. The molecule has 3 aromatic rings. The predicted molar refractivity (Wildman–Crippen MR) is 80.3 cm³/mol. The first-order valence-corrected chi connectivity index (χ1v) is 6.13. The summed E-state index contributed by atoms with van der Waals surface area (Å²) in [6.07, 6.45) is 3.88. The number of aromatic amines is 1. The van der Waals surface area contributed by atoms with Gasteiger partial charge in [0.25, 0.3) is 0 Å². The molecule has 0 unspecified atom stereocenters. The van der Waals surface area contributed by atoms with Crippen molar-refractivity contribution in [2.45, 2.75) is 0 Å². The van der Waals surface area contributed by atoms with E-state index in [-0.39, 0.29) is 0 Å². The van der Waals surface area contributed by atoms with Gasteiger partial charge in [0.05, 0.1) is 11.0 Å². The van der Waals surface area contributed by atoms with Crippen molar-refractivity contribution in [1.82, 2.24) is 9.97 Å². The van der Waals surface area contributed by atoms with Crippen molar-refractivity contribution in [3.8, 4) is 0 Å². The fraction of sp³-hybridized carbons (Fsp3) is 0. The molecule has 0 bridgehead atoms. The average molecular weight is 261 g/mol. The molecule has 5 nitrogen and oxygen atoms in total. The predicted octanol–water partition coefficient (Wildman–Crippen LogP) is 4.68.